The second kappa shape index (κ2) is 11.8. The van der Waals surface area contributed by atoms with E-state index in [9.17, 15) is 9.59 Å². The number of methoxy groups -OCH3 is 1. The Labute approximate surface area is 155 Å². The van der Waals surface area contributed by atoms with Crippen LogP contribution in [0.3, 0.4) is 0 Å². The zero-order chi connectivity index (χ0) is 19.4. The largest absolute Gasteiger partial charge is 0.469 e. The van der Waals surface area contributed by atoms with Crippen molar-refractivity contribution in [3.05, 3.63) is 35.9 Å². The Balaban J connectivity index is 2.40. The molecule has 1 N–H and O–H groups in total. The minimum atomic E-state index is -1.16. The van der Waals surface area contributed by atoms with Crippen LogP contribution in [0.2, 0.25) is 25.7 Å². The first-order chi connectivity index (χ1) is 12.3. The lowest BCUT2D eigenvalue weighted by molar-refractivity contribution is -0.163. The molecule has 0 heterocycles. The Morgan fingerprint density at radius 2 is 1.85 bits per heavy atom. The van der Waals surface area contributed by atoms with E-state index in [-0.39, 0.29) is 19.8 Å². The Morgan fingerprint density at radius 3 is 2.46 bits per heavy atom. The van der Waals surface area contributed by atoms with Gasteiger partial charge in [-0.05, 0) is 11.6 Å². The molecule has 0 unspecified atom stereocenters. The smallest absolute Gasteiger partial charge is 0.326 e. The Kier molecular flexibility index (Phi) is 10.1. The lowest BCUT2D eigenvalue weighted by atomic mass is 10.2. The molecular formula is C18H29NO6Si. The van der Waals surface area contributed by atoms with Gasteiger partial charge in [0, 0.05) is 14.7 Å². The third kappa shape index (κ3) is 10.3. The second-order valence-electron chi connectivity index (χ2n) is 7.03. The van der Waals surface area contributed by atoms with Gasteiger partial charge in [0.25, 0.3) is 0 Å². The molecule has 0 aliphatic carbocycles. The molecule has 0 spiro atoms. The van der Waals surface area contributed by atoms with E-state index >= 15 is 0 Å². The Hall–Kier alpha value is -1.74. The molecule has 0 bridgehead atoms. The fraction of sp³-hybridized carbons (Fsp3) is 0.556. The summed E-state index contributed by atoms with van der Waals surface area (Å²) in [6.07, 6.45) is -0.195. The number of ether oxygens (including phenoxy) is 3. The molecule has 0 saturated carbocycles. The number of nitrogens with one attached hydrogen (secondary N) is 1. The van der Waals surface area contributed by atoms with Crippen LogP contribution in [0.25, 0.3) is 0 Å². The average Bonchev–Trinajstić information content (AvgIpc) is 2.61. The number of carbonyl (C=O) groups excluding carboxylic acids is 2. The number of esters is 2. The molecule has 0 amide bonds. The van der Waals surface area contributed by atoms with Crippen molar-refractivity contribution in [1.82, 2.24) is 5.48 Å². The van der Waals surface area contributed by atoms with Crippen molar-refractivity contribution in [3.8, 4) is 0 Å². The summed E-state index contributed by atoms with van der Waals surface area (Å²) in [5, 5.41) is 0. The molecule has 0 aliphatic rings. The number of hydrogen-bond acceptors (Lipinski definition) is 7. The third-order valence-corrected chi connectivity index (χ3v) is 5.18. The molecule has 0 aliphatic heterocycles. The van der Waals surface area contributed by atoms with E-state index < -0.39 is 26.1 Å². The lowest BCUT2D eigenvalue weighted by Crippen LogP contribution is -2.40. The topological polar surface area (TPSA) is 83.1 Å². The van der Waals surface area contributed by atoms with Crippen molar-refractivity contribution in [2.24, 2.45) is 0 Å². The van der Waals surface area contributed by atoms with Crippen LogP contribution >= 0.6 is 0 Å². The average molecular weight is 384 g/mol. The van der Waals surface area contributed by atoms with Crippen molar-refractivity contribution < 1.29 is 28.6 Å². The number of rotatable bonds is 12. The molecule has 1 rings (SSSR count). The van der Waals surface area contributed by atoms with E-state index in [0.29, 0.717) is 6.61 Å². The van der Waals surface area contributed by atoms with Gasteiger partial charge in [0.05, 0.1) is 13.5 Å². The highest BCUT2D eigenvalue weighted by Crippen LogP contribution is 2.07. The van der Waals surface area contributed by atoms with Gasteiger partial charge in [-0.2, -0.15) is 5.48 Å². The normalized spacial score (nSPS) is 12.5. The molecule has 146 valence electrons. The van der Waals surface area contributed by atoms with Gasteiger partial charge in [0.2, 0.25) is 0 Å². The van der Waals surface area contributed by atoms with E-state index in [4.69, 9.17) is 14.3 Å². The van der Waals surface area contributed by atoms with Gasteiger partial charge in [0.15, 0.2) is 6.79 Å². The minimum absolute atomic E-state index is 0.0197. The molecule has 26 heavy (non-hydrogen) atoms. The van der Waals surface area contributed by atoms with Crippen LogP contribution in [0.4, 0.5) is 0 Å². The summed E-state index contributed by atoms with van der Waals surface area (Å²) < 4.78 is 15.2. The summed E-state index contributed by atoms with van der Waals surface area (Å²) in [5.74, 6) is -1.14. The highest BCUT2D eigenvalue weighted by Gasteiger charge is 2.24. The van der Waals surface area contributed by atoms with E-state index in [2.05, 4.69) is 29.9 Å². The maximum atomic E-state index is 12.2. The maximum Gasteiger partial charge on any atom is 0.326 e. The molecule has 1 atom stereocenters. The standard InChI is InChI=1S/C18H29NO6Si/c1-22-17(20)12-16(19-25-14-23-10-11-26(2,3)4)18(21)24-13-15-8-6-5-7-9-15/h5-9,16,19H,10-14H2,1-4H3/t16-/m0/s1. The molecule has 1 aromatic carbocycles. The number of benzene rings is 1. The van der Waals surface area contributed by atoms with Gasteiger partial charge >= 0.3 is 11.9 Å². The summed E-state index contributed by atoms with van der Waals surface area (Å²) >= 11 is 0. The maximum absolute atomic E-state index is 12.2. The highest BCUT2D eigenvalue weighted by molar-refractivity contribution is 6.76. The lowest BCUT2D eigenvalue weighted by Gasteiger charge is -2.18. The minimum Gasteiger partial charge on any atom is -0.469 e. The zero-order valence-electron chi connectivity index (χ0n) is 15.9. The zero-order valence-corrected chi connectivity index (χ0v) is 16.9. The third-order valence-electron chi connectivity index (χ3n) is 3.47. The summed E-state index contributed by atoms with van der Waals surface area (Å²) in [6.45, 7) is 7.46. The second-order valence-corrected chi connectivity index (χ2v) is 12.6. The molecule has 0 saturated heterocycles. The van der Waals surface area contributed by atoms with Crippen LogP contribution < -0.4 is 5.48 Å². The molecule has 0 aromatic heterocycles. The number of carbonyl (C=O) groups is 2. The molecule has 7 nitrogen and oxygen atoms in total. The highest BCUT2D eigenvalue weighted by atomic mass is 28.3. The number of hydroxylamine groups is 1. The summed E-state index contributed by atoms with van der Waals surface area (Å²) in [5.41, 5.74) is 3.38. The van der Waals surface area contributed by atoms with Crippen molar-refractivity contribution in [2.45, 2.75) is 44.8 Å². The van der Waals surface area contributed by atoms with Gasteiger partial charge < -0.3 is 14.2 Å². The summed E-state index contributed by atoms with van der Waals surface area (Å²) in [6, 6.07) is 9.33. The fourth-order valence-corrected chi connectivity index (χ4v) is 2.62. The van der Waals surface area contributed by atoms with Crippen molar-refractivity contribution in [3.63, 3.8) is 0 Å². The van der Waals surface area contributed by atoms with Crippen LogP contribution in [0.1, 0.15) is 12.0 Å². The van der Waals surface area contributed by atoms with Gasteiger partial charge in [-0.25, -0.2) is 0 Å². The first kappa shape index (κ1) is 22.3. The molecule has 0 radical (unpaired) electrons. The van der Waals surface area contributed by atoms with Gasteiger partial charge in [-0.15, -0.1) is 0 Å². The predicted molar refractivity (Wildman–Crippen MR) is 99.9 cm³/mol. The van der Waals surface area contributed by atoms with Crippen molar-refractivity contribution >= 4 is 20.0 Å². The van der Waals surface area contributed by atoms with Crippen LogP contribution in [0, 0.1) is 0 Å². The molecule has 0 fully saturated rings. The van der Waals surface area contributed by atoms with Gasteiger partial charge in [0.1, 0.15) is 12.6 Å². The van der Waals surface area contributed by atoms with E-state index in [1.165, 1.54) is 7.11 Å². The van der Waals surface area contributed by atoms with Gasteiger partial charge in [-0.3, -0.25) is 14.4 Å². The van der Waals surface area contributed by atoms with Crippen LogP contribution in [0.15, 0.2) is 30.3 Å². The molecular weight excluding hydrogens is 354 g/mol. The van der Waals surface area contributed by atoms with Gasteiger partial charge in [-0.1, -0.05) is 50.0 Å². The predicted octanol–water partition coefficient (Wildman–Crippen LogP) is 2.50. The summed E-state index contributed by atoms with van der Waals surface area (Å²) in [7, 11) is 0.0959. The fourth-order valence-electron chi connectivity index (χ4n) is 1.87. The molecule has 1 aromatic rings. The van der Waals surface area contributed by atoms with Crippen LogP contribution in [0.5, 0.6) is 0 Å². The van der Waals surface area contributed by atoms with E-state index in [1.807, 2.05) is 30.3 Å². The first-order valence-corrected chi connectivity index (χ1v) is 12.2. The summed E-state index contributed by atoms with van der Waals surface area (Å²) in [4.78, 5) is 28.9. The quantitative estimate of drug-likeness (QED) is 0.195. The number of hydrogen-bond donors (Lipinski definition) is 1. The molecule has 8 heteroatoms. The first-order valence-electron chi connectivity index (χ1n) is 8.54. The van der Waals surface area contributed by atoms with Crippen LogP contribution in [-0.4, -0.2) is 46.6 Å². The Morgan fingerprint density at radius 1 is 1.15 bits per heavy atom. The monoisotopic (exact) mass is 383 g/mol. The van der Waals surface area contributed by atoms with Crippen molar-refractivity contribution in [1.29, 1.82) is 0 Å². The van der Waals surface area contributed by atoms with E-state index in [0.717, 1.165) is 11.6 Å². The van der Waals surface area contributed by atoms with Crippen LogP contribution in [-0.2, 0) is 35.2 Å². The SMILES string of the molecule is COC(=O)C[C@H](NOCOCC[Si](C)(C)C)C(=O)OCc1ccccc1. The van der Waals surface area contributed by atoms with Crippen molar-refractivity contribution in [2.75, 3.05) is 20.5 Å². The van der Waals surface area contributed by atoms with E-state index in [1.54, 1.807) is 0 Å². The Bertz CT molecular complexity index is 546.